The Balaban J connectivity index is 1.98. The maximum Gasteiger partial charge on any atom is 0.256 e. The number of pyridine rings is 1. The van der Waals surface area contributed by atoms with Crippen LogP contribution in [0.2, 0.25) is 0 Å². The Morgan fingerprint density at radius 3 is 2.75 bits per heavy atom. The minimum Gasteiger partial charge on any atom is -0.341 e. The topological polar surface area (TPSA) is 61.5 Å². The largest absolute Gasteiger partial charge is 0.341 e. The van der Waals surface area contributed by atoms with E-state index in [1.165, 1.54) is 25.7 Å². The molecule has 2 aromatic heterocycles. The molecular formula is C19H16BrN3O. The summed E-state index contributed by atoms with van der Waals surface area (Å²) in [5, 5.41) is 3.63. The second-order valence-corrected chi connectivity index (χ2v) is 7.53. The summed E-state index contributed by atoms with van der Waals surface area (Å²) in [5.41, 5.74) is 1.89. The SMILES string of the molecule is O=c1[nH]ccc2c3[nH]c(C4CCCC4)nc3c3ccc(Br)cc3c12. The molecule has 5 heteroatoms. The van der Waals surface area contributed by atoms with Crippen LogP contribution in [0.4, 0.5) is 0 Å². The highest BCUT2D eigenvalue weighted by Gasteiger charge is 2.22. The van der Waals surface area contributed by atoms with Crippen molar-refractivity contribution >= 4 is 48.5 Å². The van der Waals surface area contributed by atoms with Crippen molar-refractivity contribution in [3.8, 4) is 0 Å². The van der Waals surface area contributed by atoms with Gasteiger partial charge in [-0.15, -0.1) is 0 Å². The third kappa shape index (κ3) is 1.97. The normalized spacial score (nSPS) is 15.9. The van der Waals surface area contributed by atoms with E-state index in [1.54, 1.807) is 6.20 Å². The first-order valence-electron chi connectivity index (χ1n) is 8.34. The van der Waals surface area contributed by atoms with Gasteiger partial charge >= 0.3 is 0 Å². The number of halogens is 1. The van der Waals surface area contributed by atoms with Crippen molar-refractivity contribution in [1.29, 1.82) is 0 Å². The van der Waals surface area contributed by atoms with Gasteiger partial charge in [-0.1, -0.05) is 34.8 Å². The van der Waals surface area contributed by atoms with Crippen molar-refractivity contribution in [3.05, 3.63) is 51.1 Å². The number of hydrogen-bond donors (Lipinski definition) is 2. The summed E-state index contributed by atoms with van der Waals surface area (Å²) in [6.45, 7) is 0. The molecule has 0 aliphatic heterocycles. The summed E-state index contributed by atoms with van der Waals surface area (Å²) in [6, 6.07) is 8.04. The molecule has 0 spiro atoms. The van der Waals surface area contributed by atoms with Gasteiger partial charge in [-0.3, -0.25) is 4.79 Å². The summed E-state index contributed by atoms with van der Waals surface area (Å²) < 4.78 is 0.963. The molecule has 1 aliphatic carbocycles. The average molecular weight is 382 g/mol. The van der Waals surface area contributed by atoms with E-state index in [2.05, 4.69) is 25.9 Å². The van der Waals surface area contributed by atoms with Crippen LogP contribution in [-0.4, -0.2) is 15.0 Å². The maximum absolute atomic E-state index is 12.5. The molecule has 5 rings (SSSR count). The molecule has 2 N–H and O–H groups in total. The summed E-state index contributed by atoms with van der Waals surface area (Å²) in [6.07, 6.45) is 6.65. The molecule has 1 fully saturated rings. The van der Waals surface area contributed by atoms with Crippen molar-refractivity contribution in [2.24, 2.45) is 0 Å². The monoisotopic (exact) mass is 381 g/mol. The number of imidazole rings is 1. The molecule has 0 bridgehead atoms. The van der Waals surface area contributed by atoms with Crippen LogP contribution in [0.5, 0.6) is 0 Å². The molecule has 0 radical (unpaired) electrons. The molecule has 2 heterocycles. The molecule has 1 saturated carbocycles. The van der Waals surface area contributed by atoms with Crippen LogP contribution < -0.4 is 5.56 Å². The van der Waals surface area contributed by atoms with Gasteiger partial charge in [0.1, 0.15) is 5.82 Å². The summed E-state index contributed by atoms with van der Waals surface area (Å²) in [7, 11) is 0. The zero-order chi connectivity index (χ0) is 16.3. The molecule has 0 unspecified atom stereocenters. The van der Waals surface area contributed by atoms with Gasteiger partial charge in [0, 0.05) is 27.4 Å². The van der Waals surface area contributed by atoms with Crippen LogP contribution >= 0.6 is 15.9 Å². The van der Waals surface area contributed by atoms with Crippen molar-refractivity contribution in [3.63, 3.8) is 0 Å². The van der Waals surface area contributed by atoms with Crippen molar-refractivity contribution in [2.45, 2.75) is 31.6 Å². The first-order valence-corrected chi connectivity index (χ1v) is 9.14. The van der Waals surface area contributed by atoms with Gasteiger partial charge < -0.3 is 9.97 Å². The molecule has 1 aliphatic rings. The van der Waals surface area contributed by atoms with E-state index < -0.39 is 0 Å². The fourth-order valence-electron chi connectivity index (χ4n) is 4.06. The van der Waals surface area contributed by atoms with Crippen LogP contribution in [0.3, 0.4) is 0 Å². The van der Waals surface area contributed by atoms with Crippen molar-refractivity contribution < 1.29 is 0 Å². The molecule has 0 amide bonds. The molecule has 120 valence electrons. The predicted molar refractivity (Wildman–Crippen MR) is 101 cm³/mol. The Kier molecular flexibility index (Phi) is 3.07. The van der Waals surface area contributed by atoms with Crippen molar-refractivity contribution in [2.75, 3.05) is 0 Å². The number of aromatic nitrogens is 3. The Morgan fingerprint density at radius 1 is 1.08 bits per heavy atom. The first kappa shape index (κ1) is 14.2. The lowest BCUT2D eigenvalue weighted by Crippen LogP contribution is -2.05. The summed E-state index contributed by atoms with van der Waals surface area (Å²) in [4.78, 5) is 23.8. The average Bonchev–Trinajstić information content (AvgIpc) is 3.24. The van der Waals surface area contributed by atoms with Crippen LogP contribution in [0, 0.1) is 0 Å². The molecule has 0 saturated heterocycles. The zero-order valence-electron chi connectivity index (χ0n) is 13.0. The lowest BCUT2D eigenvalue weighted by molar-refractivity contribution is 0.681. The quantitative estimate of drug-likeness (QED) is 0.456. The minimum atomic E-state index is -0.0606. The van der Waals surface area contributed by atoms with Gasteiger partial charge in [-0.25, -0.2) is 4.98 Å². The van der Waals surface area contributed by atoms with Gasteiger partial charge in [0.15, 0.2) is 0 Å². The van der Waals surface area contributed by atoms with Gasteiger partial charge in [-0.05, 0) is 36.4 Å². The highest BCUT2D eigenvalue weighted by Crippen LogP contribution is 2.37. The number of fused-ring (bicyclic) bond motifs is 6. The van der Waals surface area contributed by atoms with Crippen LogP contribution in [0.15, 0.2) is 39.7 Å². The molecular weight excluding hydrogens is 366 g/mol. The number of rotatable bonds is 1. The molecule has 2 aromatic carbocycles. The Morgan fingerprint density at radius 2 is 1.92 bits per heavy atom. The fraction of sp³-hybridized carbons (Fsp3) is 0.263. The van der Waals surface area contributed by atoms with Crippen LogP contribution in [-0.2, 0) is 0 Å². The maximum atomic E-state index is 12.5. The van der Waals surface area contributed by atoms with E-state index in [4.69, 9.17) is 4.98 Å². The van der Waals surface area contributed by atoms with E-state index in [1.807, 2.05) is 24.3 Å². The number of nitrogens with one attached hydrogen (secondary N) is 2. The third-order valence-corrected chi connectivity index (χ3v) is 5.69. The zero-order valence-corrected chi connectivity index (χ0v) is 14.6. The highest BCUT2D eigenvalue weighted by molar-refractivity contribution is 9.10. The Hall–Kier alpha value is -2.14. The summed E-state index contributed by atoms with van der Waals surface area (Å²) in [5.74, 6) is 1.58. The van der Waals surface area contributed by atoms with E-state index in [-0.39, 0.29) is 5.56 Å². The number of H-pyrrole nitrogens is 2. The lowest BCUT2D eigenvalue weighted by atomic mass is 10.0. The van der Waals surface area contributed by atoms with E-state index in [9.17, 15) is 4.79 Å². The fourth-order valence-corrected chi connectivity index (χ4v) is 4.42. The van der Waals surface area contributed by atoms with E-state index >= 15 is 0 Å². The smallest absolute Gasteiger partial charge is 0.256 e. The number of aromatic amines is 2. The second-order valence-electron chi connectivity index (χ2n) is 6.61. The number of hydrogen-bond acceptors (Lipinski definition) is 2. The Labute approximate surface area is 146 Å². The molecule has 0 atom stereocenters. The summed E-state index contributed by atoms with van der Waals surface area (Å²) >= 11 is 3.53. The Bertz CT molecular complexity index is 1150. The standard InChI is InChI=1S/C19H16BrN3O/c20-11-5-6-12-14(9-11)15-13(7-8-21-19(15)24)17-16(12)22-18(23-17)10-3-1-2-4-10/h5-10H,1-4H2,(H,21,24)(H,22,23). The predicted octanol–water partition coefficient (Wildman–Crippen LogP) is 4.98. The van der Waals surface area contributed by atoms with Gasteiger partial charge in [0.05, 0.1) is 16.4 Å². The van der Waals surface area contributed by atoms with Gasteiger partial charge in [-0.2, -0.15) is 0 Å². The third-order valence-electron chi connectivity index (χ3n) is 5.20. The van der Waals surface area contributed by atoms with Crippen LogP contribution in [0.25, 0.3) is 32.6 Å². The first-order chi connectivity index (χ1) is 11.7. The van der Waals surface area contributed by atoms with Gasteiger partial charge in [0.25, 0.3) is 5.56 Å². The molecule has 4 nitrogen and oxygen atoms in total. The molecule has 4 aromatic rings. The van der Waals surface area contributed by atoms with Gasteiger partial charge in [0.2, 0.25) is 0 Å². The second kappa shape index (κ2) is 5.18. The number of benzene rings is 2. The van der Waals surface area contributed by atoms with Crippen LogP contribution in [0.1, 0.15) is 37.4 Å². The van der Waals surface area contributed by atoms with E-state index in [0.29, 0.717) is 5.92 Å². The number of nitrogens with zero attached hydrogens (tertiary/aromatic N) is 1. The lowest BCUT2D eigenvalue weighted by Gasteiger charge is -2.05. The minimum absolute atomic E-state index is 0.0606. The van der Waals surface area contributed by atoms with Crippen molar-refractivity contribution in [1.82, 2.24) is 15.0 Å². The highest BCUT2D eigenvalue weighted by atomic mass is 79.9. The molecule has 24 heavy (non-hydrogen) atoms. The van der Waals surface area contributed by atoms with E-state index in [0.717, 1.165) is 42.9 Å².